The van der Waals surface area contributed by atoms with Crippen molar-refractivity contribution >= 4 is 5.96 Å². The van der Waals surface area contributed by atoms with Gasteiger partial charge >= 0.3 is 0 Å². The van der Waals surface area contributed by atoms with Gasteiger partial charge in [0.25, 0.3) is 0 Å². The maximum atomic E-state index is 4.74. The van der Waals surface area contributed by atoms with Gasteiger partial charge < -0.3 is 15.5 Å². The van der Waals surface area contributed by atoms with E-state index in [1.165, 1.54) is 12.8 Å². The van der Waals surface area contributed by atoms with E-state index in [9.17, 15) is 0 Å². The maximum Gasteiger partial charge on any atom is 0.191 e. The van der Waals surface area contributed by atoms with Crippen molar-refractivity contribution in [3.05, 3.63) is 0 Å². The van der Waals surface area contributed by atoms with E-state index >= 15 is 0 Å². The highest BCUT2D eigenvalue weighted by Gasteiger charge is 2.20. The molecule has 0 fully saturated rings. The van der Waals surface area contributed by atoms with Crippen LogP contribution in [0.25, 0.3) is 0 Å². The Bertz CT molecular complexity index is 234. The lowest BCUT2D eigenvalue weighted by Crippen LogP contribution is -2.41. The van der Waals surface area contributed by atoms with Crippen molar-refractivity contribution in [1.82, 2.24) is 15.5 Å². The average Bonchev–Trinajstić information content (AvgIpc) is 2.40. The molecule has 1 atom stereocenters. The van der Waals surface area contributed by atoms with Crippen LogP contribution in [-0.4, -0.2) is 50.6 Å². The SMILES string of the molecule is CCCNC(=NCC(C(CC)CC)N(C)C)NCC. The van der Waals surface area contributed by atoms with Crippen molar-refractivity contribution in [1.29, 1.82) is 0 Å². The Labute approximate surface area is 120 Å². The second-order valence-corrected chi connectivity index (χ2v) is 5.25. The number of nitrogens with one attached hydrogen (secondary N) is 2. The fraction of sp³-hybridized carbons (Fsp3) is 0.933. The van der Waals surface area contributed by atoms with Crippen molar-refractivity contribution in [2.75, 3.05) is 33.7 Å². The van der Waals surface area contributed by atoms with Gasteiger partial charge in [-0.15, -0.1) is 0 Å². The summed E-state index contributed by atoms with van der Waals surface area (Å²) in [5.74, 6) is 1.66. The first kappa shape index (κ1) is 18.2. The monoisotopic (exact) mass is 270 g/mol. The molecule has 19 heavy (non-hydrogen) atoms. The highest BCUT2D eigenvalue weighted by atomic mass is 15.2. The Morgan fingerprint density at radius 1 is 1.05 bits per heavy atom. The van der Waals surface area contributed by atoms with Crippen molar-refractivity contribution < 1.29 is 0 Å². The van der Waals surface area contributed by atoms with Crippen LogP contribution >= 0.6 is 0 Å². The van der Waals surface area contributed by atoms with E-state index in [1.54, 1.807) is 0 Å². The Morgan fingerprint density at radius 3 is 2.11 bits per heavy atom. The molecule has 0 bridgehead atoms. The van der Waals surface area contributed by atoms with Crippen molar-refractivity contribution in [3.63, 3.8) is 0 Å². The Morgan fingerprint density at radius 2 is 1.68 bits per heavy atom. The van der Waals surface area contributed by atoms with Crippen LogP contribution < -0.4 is 10.6 Å². The van der Waals surface area contributed by atoms with Crippen LogP contribution in [0.2, 0.25) is 0 Å². The van der Waals surface area contributed by atoms with Crippen LogP contribution in [0.1, 0.15) is 47.0 Å². The van der Waals surface area contributed by atoms with E-state index in [2.05, 4.69) is 57.3 Å². The number of rotatable bonds is 9. The van der Waals surface area contributed by atoms with Gasteiger partial charge in [0.15, 0.2) is 5.96 Å². The molecule has 0 aromatic carbocycles. The van der Waals surface area contributed by atoms with Gasteiger partial charge in [0, 0.05) is 19.1 Å². The maximum absolute atomic E-state index is 4.74. The summed E-state index contributed by atoms with van der Waals surface area (Å²) in [4.78, 5) is 7.05. The summed E-state index contributed by atoms with van der Waals surface area (Å²) in [5, 5.41) is 6.67. The molecule has 0 radical (unpaired) electrons. The van der Waals surface area contributed by atoms with Crippen LogP contribution in [0.4, 0.5) is 0 Å². The first-order valence-electron chi connectivity index (χ1n) is 7.79. The summed E-state index contributed by atoms with van der Waals surface area (Å²) in [5.41, 5.74) is 0. The number of likely N-dealkylation sites (N-methyl/N-ethyl adjacent to an activating group) is 1. The van der Waals surface area contributed by atoms with E-state index < -0.39 is 0 Å². The highest BCUT2D eigenvalue weighted by molar-refractivity contribution is 5.79. The molecule has 4 nitrogen and oxygen atoms in total. The number of hydrogen-bond acceptors (Lipinski definition) is 2. The average molecular weight is 270 g/mol. The highest BCUT2D eigenvalue weighted by Crippen LogP contribution is 2.17. The number of guanidine groups is 1. The summed E-state index contributed by atoms with van der Waals surface area (Å²) < 4.78 is 0. The van der Waals surface area contributed by atoms with Gasteiger partial charge in [0.1, 0.15) is 0 Å². The van der Waals surface area contributed by atoms with Gasteiger partial charge in [-0.1, -0.05) is 33.6 Å². The van der Waals surface area contributed by atoms with Gasteiger partial charge in [0.2, 0.25) is 0 Å². The molecule has 114 valence electrons. The number of nitrogens with zero attached hydrogens (tertiary/aromatic N) is 2. The van der Waals surface area contributed by atoms with Crippen LogP contribution in [0.3, 0.4) is 0 Å². The fourth-order valence-electron chi connectivity index (χ4n) is 2.34. The van der Waals surface area contributed by atoms with E-state index in [0.717, 1.165) is 32.0 Å². The predicted octanol–water partition coefficient (Wildman–Crippen LogP) is 2.32. The minimum Gasteiger partial charge on any atom is -0.357 e. The Balaban J connectivity index is 4.61. The van der Waals surface area contributed by atoms with Crippen molar-refractivity contribution in [3.8, 4) is 0 Å². The molecule has 0 saturated carbocycles. The van der Waals surface area contributed by atoms with E-state index in [0.29, 0.717) is 12.0 Å². The van der Waals surface area contributed by atoms with Gasteiger partial charge in [-0.05, 0) is 33.4 Å². The Kier molecular flexibility index (Phi) is 10.6. The van der Waals surface area contributed by atoms with Gasteiger partial charge in [-0.2, -0.15) is 0 Å². The molecule has 0 heterocycles. The first-order valence-corrected chi connectivity index (χ1v) is 7.79. The van der Waals surface area contributed by atoms with Crippen LogP contribution in [0.5, 0.6) is 0 Å². The predicted molar refractivity (Wildman–Crippen MR) is 85.8 cm³/mol. The topological polar surface area (TPSA) is 39.7 Å². The normalized spacial score (nSPS) is 14.0. The molecule has 0 aliphatic carbocycles. The van der Waals surface area contributed by atoms with E-state index in [1.807, 2.05) is 0 Å². The summed E-state index contributed by atoms with van der Waals surface area (Å²) in [6, 6.07) is 0.520. The largest absolute Gasteiger partial charge is 0.357 e. The van der Waals surface area contributed by atoms with Crippen molar-refractivity contribution in [2.24, 2.45) is 10.9 Å². The molecule has 0 spiro atoms. The van der Waals surface area contributed by atoms with Crippen molar-refractivity contribution in [2.45, 2.75) is 53.0 Å². The lowest BCUT2D eigenvalue weighted by molar-refractivity contribution is 0.206. The molecular weight excluding hydrogens is 236 g/mol. The molecule has 2 N–H and O–H groups in total. The molecule has 4 heteroatoms. The zero-order valence-corrected chi connectivity index (χ0v) is 13.8. The van der Waals surface area contributed by atoms with Gasteiger partial charge in [-0.3, -0.25) is 4.99 Å². The molecule has 0 amide bonds. The molecular formula is C15H34N4. The third-order valence-electron chi connectivity index (χ3n) is 3.58. The zero-order chi connectivity index (χ0) is 14.7. The molecule has 0 aromatic rings. The number of aliphatic imine (C=N–C) groups is 1. The second kappa shape index (κ2) is 11.1. The standard InChI is InChI=1S/C15H34N4/c1-7-11-17-15(16-10-4)18-12-14(19(5)6)13(8-2)9-3/h13-14H,7-12H2,1-6H3,(H2,16,17,18). The third kappa shape index (κ3) is 7.41. The van der Waals surface area contributed by atoms with Crippen LogP contribution in [0, 0.1) is 5.92 Å². The van der Waals surface area contributed by atoms with E-state index in [4.69, 9.17) is 4.99 Å². The minimum absolute atomic E-state index is 0.520. The molecule has 0 aliphatic heterocycles. The quantitative estimate of drug-likeness (QED) is 0.499. The summed E-state index contributed by atoms with van der Waals surface area (Å²) in [6.07, 6.45) is 3.55. The van der Waals surface area contributed by atoms with Crippen LogP contribution in [0.15, 0.2) is 4.99 Å². The first-order chi connectivity index (χ1) is 9.10. The minimum atomic E-state index is 0.520. The molecule has 0 rings (SSSR count). The lowest BCUT2D eigenvalue weighted by Gasteiger charge is -2.30. The fourth-order valence-corrected chi connectivity index (χ4v) is 2.34. The molecule has 0 aromatic heterocycles. The third-order valence-corrected chi connectivity index (χ3v) is 3.58. The van der Waals surface area contributed by atoms with Crippen LogP contribution in [-0.2, 0) is 0 Å². The smallest absolute Gasteiger partial charge is 0.191 e. The van der Waals surface area contributed by atoms with Gasteiger partial charge in [-0.25, -0.2) is 0 Å². The summed E-state index contributed by atoms with van der Waals surface area (Å²) in [6.45, 7) is 11.6. The molecule has 0 saturated heterocycles. The second-order valence-electron chi connectivity index (χ2n) is 5.25. The molecule has 1 unspecified atom stereocenters. The van der Waals surface area contributed by atoms with Gasteiger partial charge in [0.05, 0.1) is 6.54 Å². The van der Waals surface area contributed by atoms with E-state index in [-0.39, 0.29) is 0 Å². The Hall–Kier alpha value is -0.770. The summed E-state index contributed by atoms with van der Waals surface area (Å²) in [7, 11) is 4.32. The lowest BCUT2D eigenvalue weighted by atomic mass is 9.93. The zero-order valence-electron chi connectivity index (χ0n) is 13.8. The summed E-state index contributed by atoms with van der Waals surface area (Å²) >= 11 is 0. The molecule has 0 aliphatic rings. The number of hydrogen-bond donors (Lipinski definition) is 2.